The van der Waals surface area contributed by atoms with E-state index in [1.807, 2.05) is 0 Å². The molecule has 0 spiro atoms. The quantitative estimate of drug-likeness (QED) is 0.599. The summed E-state index contributed by atoms with van der Waals surface area (Å²) in [6.45, 7) is 4.40. The van der Waals surface area contributed by atoms with Crippen molar-refractivity contribution < 1.29 is 57.8 Å². The third kappa shape index (κ3) is 4.56. The van der Waals surface area contributed by atoms with E-state index in [0.717, 1.165) is 12.1 Å². The first-order valence-corrected chi connectivity index (χ1v) is 7.35. The van der Waals surface area contributed by atoms with Crippen LogP contribution in [-0.4, -0.2) is 36.1 Å². The molecule has 0 saturated heterocycles. The monoisotopic (exact) mass is 447 g/mol. The molecule has 0 saturated carbocycles. The molecule has 1 aromatic rings. The smallest absolute Gasteiger partial charge is 0.321 e. The molecule has 1 N–H and O–H groups in total. The van der Waals surface area contributed by atoms with Crippen LogP contribution in [0.2, 0.25) is 0 Å². The Hall–Kier alpha value is -2.12. The number of nitrogens with one attached hydrogen (secondary N) is 1. The van der Waals surface area contributed by atoms with Gasteiger partial charge in [0.05, 0.1) is 0 Å². The summed E-state index contributed by atoms with van der Waals surface area (Å²) in [6, 6.07) is 1.97. The van der Waals surface area contributed by atoms with E-state index in [1.54, 1.807) is 6.92 Å². The summed E-state index contributed by atoms with van der Waals surface area (Å²) in [5.74, 6) is -16.6. The predicted molar refractivity (Wildman–Crippen MR) is 76.2 cm³/mol. The summed E-state index contributed by atoms with van der Waals surface area (Å²) in [5, 5.41) is 1.19. The number of carbonyl (C=O) groups excluding carboxylic acids is 1. The second kappa shape index (κ2) is 7.29. The molecule has 0 aliphatic rings. The molecular formula is C15H12F11NO2. The van der Waals surface area contributed by atoms with Gasteiger partial charge < -0.3 is 5.32 Å². The van der Waals surface area contributed by atoms with Gasteiger partial charge in [0.2, 0.25) is 0 Å². The van der Waals surface area contributed by atoms with Crippen LogP contribution in [0.4, 0.5) is 54.0 Å². The molecule has 3 nitrogen and oxygen atoms in total. The van der Waals surface area contributed by atoms with Gasteiger partial charge in [-0.2, -0.15) is 48.3 Å². The number of aryl methyl sites for hydroxylation is 2. The van der Waals surface area contributed by atoms with Crippen LogP contribution in [0, 0.1) is 20.8 Å². The van der Waals surface area contributed by atoms with Crippen LogP contribution in [0.25, 0.3) is 0 Å². The highest BCUT2D eigenvalue weighted by Gasteiger charge is 2.79. The second-order valence-electron chi connectivity index (χ2n) is 5.97. The van der Waals surface area contributed by atoms with Gasteiger partial charge in [0, 0.05) is 5.69 Å². The van der Waals surface area contributed by atoms with Gasteiger partial charge in [0.25, 0.3) is 5.91 Å². The van der Waals surface area contributed by atoms with E-state index in [4.69, 9.17) is 0 Å². The summed E-state index contributed by atoms with van der Waals surface area (Å²) in [7, 11) is 0. The summed E-state index contributed by atoms with van der Waals surface area (Å²) in [4.78, 5) is 11.7. The molecule has 1 amide bonds. The molecule has 0 heterocycles. The maximum absolute atomic E-state index is 14.1. The van der Waals surface area contributed by atoms with Gasteiger partial charge in [-0.1, -0.05) is 0 Å². The zero-order valence-electron chi connectivity index (χ0n) is 14.6. The van der Waals surface area contributed by atoms with Crippen molar-refractivity contribution in [3.05, 3.63) is 28.8 Å². The van der Waals surface area contributed by atoms with E-state index in [0.29, 0.717) is 16.7 Å². The fourth-order valence-corrected chi connectivity index (χ4v) is 1.96. The average molecular weight is 447 g/mol. The molecule has 29 heavy (non-hydrogen) atoms. The number of halogens is 11. The van der Waals surface area contributed by atoms with Gasteiger partial charge >= 0.3 is 30.2 Å². The van der Waals surface area contributed by atoms with Crippen molar-refractivity contribution in [3.8, 4) is 0 Å². The Balaban J connectivity index is 3.37. The van der Waals surface area contributed by atoms with Crippen LogP contribution in [0.5, 0.6) is 0 Å². The molecule has 0 aliphatic heterocycles. The Labute approximate surface area is 155 Å². The molecule has 1 atom stereocenters. The number of hydrogen-bond donors (Lipinski definition) is 1. The number of rotatable bonds is 5. The molecule has 0 radical (unpaired) electrons. The highest BCUT2D eigenvalue weighted by Crippen LogP contribution is 2.51. The Morgan fingerprint density at radius 1 is 0.793 bits per heavy atom. The molecule has 166 valence electrons. The normalized spacial score (nSPS) is 15.8. The molecule has 0 aromatic heterocycles. The lowest BCUT2D eigenvalue weighted by molar-refractivity contribution is -0.472. The number of alkyl halides is 11. The van der Waals surface area contributed by atoms with Gasteiger partial charge in [0.1, 0.15) is 0 Å². The zero-order valence-corrected chi connectivity index (χ0v) is 14.6. The Kier molecular flexibility index (Phi) is 6.26. The summed E-state index contributed by atoms with van der Waals surface area (Å²) in [5.41, 5.74) is 0.729. The molecule has 0 bridgehead atoms. The van der Waals surface area contributed by atoms with Crippen molar-refractivity contribution in [2.24, 2.45) is 0 Å². The third-order valence-electron chi connectivity index (χ3n) is 3.83. The number of carbonyl (C=O) groups is 1. The fourth-order valence-electron chi connectivity index (χ4n) is 1.96. The fraction of sp³-hybridized carbons (Fsp3) is 0.533. The van der Waals surface area contributed by atoms with Crippen molar-refractivity contribution in [1.82, 2.24) is 0 Å². The number of hydrogen-bond acceptors (Lipinski definition) is 2. The topological polar surface area (TPSA) is 38.3 Å². The standard InChI is InChI=1S/C15H12F11NO2/c1-6-4-9(5-7(2)8(6)3)27-10(28)11(16,13(19,20)21)29-15(25,26)12(17,18)14(22,23)24/h4-5H,1-3H3,(H,27,28)/t11-/m0/s1. The Morgan fingerprint density at radius 2 is 1.21 bits per heavy atom. The minimum absolute atomic E-state index is 0.353. The first-order valence-electron chi connectivity index (χ1n) is 7.35. The van der Waals surface area contributed by atoms with E-state index in [-0.39, 0.29) is 0 Å². The summed E-state index contributed by atoms with van der Waals surface area (Å²) < 4.78 is 143. The van der Waals surface area contributed by atoms with Crippen LogP contribution in [0.1, 0.15) is 16.7 Å². The van der Waals surface area contributed by atoms with Gasteiger partial charge in [-0.25, -0.2) is 0 Å². The molecule has 0 unspecified atom stereocenters. The molecule has 14 heteroatoms. The van der Waals surface area contributed by atoms with Crippen LogP contribution >= 0.6 is 0 Å². The Morgan fingerprint density at radius 3 is 1.55 bits per heavy atom. The molecule has 0 aliphatic carbocycles. The van der Waals surface area contributed by atoms with Gasteiger partial charge in [0.15, 0.2) is 0 Å². The van der Waals surface area contributed by atoms with E-state index in [9.17, 15) is 53.1 Å². The minimum Gasteiger partial charge on any atom is -0.321 e. The highest BCUT2D eigenvalue weighted by atomic mass is 19.4. The predicted octanol–water partition coefficient (Wildman–Crippen LogP) is 5.59. The van der Waals surface area contributed by atoms with Crippen LogP contribution in [0.15, 0.2) is 12.1 Å². The largest absolute Gasteiger partial charge is 0.462 e. The van der Waals surface area contributed by atoms with E-state index in [2.05, 4.69) is 4.74 Å². The van der Waals surface area contributed by atoms with E-state index < -0.39 is 41.8 Å². The maximum atomic E-state index is 14.1. The second-order valence-corrected chi connectivity index (χ2v) is 5.97. The van der Waals surface area contributed by atoms with Gasteiger partial charge in [-0.3, -0.25) is 9.53 Å². The lowest BCUT2D eigenvalue weighted by Crippen LogP contribution is -2.62. The highest BCUT2D eigenvalue weighted by molar-refractivity contribution is 5.97. The zero-order chi connectivity index (χ0) is 23.2. The van der Waals surface area contributed by atoms with Crippen molar-refractivity contribution in [2.45, 2.75) is 51.0 Å². The van der Waals surface area contributed by atoms with Gasteiger partial charge in [-0.15, -0.1) is 0 Å². The molecule has 1 rings (SSSR count). The number of benzene rings is 1. The van der Waals surface area contributed by atoms with Gasteiger partial charge in [-0.05, 0) is 49.6 Å². The van der Waals surface area contributed by atoms with Crippen molar-refractivity contribution >= 4 is 11.6 Å². The Bertz CT molecular complexity index is 762. The average Bonchev–Trinajstić information content (AvgIpc) is 2.49. The molecular weight excluding hydrogens is 435 g/mol. The first kappa shape index (κ1) is 24.9. The van der Waals surface area contributed by atoms with Crippen LogP contribution in [0.3, 0.4) is 0 Å². The lowest BCUT2D eigenvalue weighted by Gasteiger charge is -2.34. The van der Waals surface area contributed by atoms with Crippen LogP contribution < -0.4 is 5.32 Å². The number of anilines is 1. The first-order chi connectivity index (χ1) is 12.7. The van der Waals surface area contributed by atoms with Crippen LogP contribution in [-0.2, 0) is 9.53 Å². The minimum atomic E-state index is -7.24. The lowest BCUT2D eigenvalue weighted by atomic mass is 10.0. The number of amides is 1. The summed E-state index contributed by atoms with van der Waals surface area (Å²) >= 11 is 0. The number of ether oxygens (including phenoxy) is 1. The summed E-state index contributed by atoms with van der Waals surface area (Å²) in [6.07, 6.45) is -20.9. The van der Waals surface area contributed by atoms with Crippen molar-refractivity contribution in [1.29, 1.82) is 0 Å². The van der Waals surface area contributed by atoms with Crippen molar-refractivity contribution in [3.63, 3.8) is 0 Å². The SMILES string of the molecule is Cc1cc(NC(=O)[C@](F)(OC(F)(F)C(F)(F)C(F)(F)F)C(F)(F)F)cc(C)c1C. The maximum Gasteiger partial charge on any atom is 0.462 e. The van der Waals surface area contributed by atoms with E-state index >= 15 is 0 Å². The molecule has 1 aromatic carbocycles. The molecule has 0 fully saturated rings. The third-order valence-corrected chi connectivity index (χ3v) is 3.83. The van der Waals surface area contributed by atoms with Crippen molar-refractivity contribution in [2.75, 3.05) is 5.32 Å². The van der Waals surface area contributed by atoms with E-state index in [1.165, 1.54) is 19.2 Å².